The molecular formula is C21H21ClN6O3. The molecule has 4 rings (SSSR count). The number of aliphatic hydroxyl groups is 1. The Morgan fingerprint density at radius 1 is 1.23 bits per heavy atom. The number of anilines is 1. The van der Waals surface area contributed by atoms with Crippen LogP contribution in [0.2, 0.25) is 5.02 Å². The van der Waals surface area contributed by atoms with E-state index in [1.165, 1.54) is 17.2 Å². The molecule has 0 aliphatic heterocycles. The maximum absolute atomic E-state index is 12.9. The van der Waals surface area contributed by atoms with Gasteiger partial charge in [-0.05, 0) is 49.2 Å². The van der Waals surface area contributed by atoms with Crippen molar-refractivity contribution < 1.29 is 14.3 Å². The summed E-state index contributed by atoms with van der Waals surface area (Å²) in [7, 11) is 0. The zero-order valence-corrected chi connectivity index (χ0v) is 17.5. The number of hydrogen-bond donors (Lipinski definition) is 3. The summed E-state index contributed by atoms with van der Waals surface area (Å²) >= 11 is 5.97. The van der Waals surface area contributed by atoms with Crippen molar-refractivity contribution in [2.45, 2.75) is 26.0 Å². The van der Waals surface area contributed by atoms with Gasteiger partial charge in [-0.15, -0.1) is 0 Å². The van der Waals surface area contributed by atoms with Crippen LogP contribution >= 0.6 is 11.6 Å². The second-order valence-corrected chi connectivity index (χ2v) is 7.49. The van der Waals surface area contributed by atoms with Crippen molar-refractivity contribution >= 4 is 34.6 Å². The molecule has 0 fully saturated rings. The lowest BCUT2D eigenvalue weighted by Gasteiger charge is -2.16. The van der Waals surface area contributed by atoms with Crippen LogP contribution in [0.3, 0.4) is 0 Å². The number of benzene rings is 2. The minimum atomic E-state index is -0.272. The molecule has 3 N–H and O–H groups in total. The Morgan fingerprint density at radius 3 is 2.81 bits per heavy atom. The molecule has 0 saturated heterocycles. The van der Waals surface area contributed by atoms with E-state index in [9.17, 15) is 9.90 Å². The minimum Gasteiger partial charge on any atom is -0.424 e. The minimum absolute atomic E-state index is 0.130. The number of oxazole rings is 1. The molecule has 0 aliphatic rings. The largest absolute Gasteiger partial charge is 0.424 e. The number of carbonyl (C=O) groups excluding carboxylic acids is 1. The topological polar surface area (TPSA) is 118 Å². The van der Waals surface area contributed by atoms with Crippen LogP contribution in [-0.2, 0) is 6.61 Å². The van der Waals surface area contributed by atoms with Crippen LogP contribution in [0.5, 0.6) is 0 Å². The highest BCUT2D eigenvalue weighted by Crippen LogP contribution is 2.22. The number of halogens is 1. The van der Waals surface area contributed by atoms with Gasteiger partial charge < -0.3 is 20.2 Å². The normalized spacial score (nSPS) is 12.1. The van der Waals surface area contributed by atoms with Crippen molar-refractivity contribution in [1.29, 1.82) is 0 Å². The van der Waals surface area contributed by atoms with Gasteiger partial charge in [-0.25, -0.2) is 0 Å². The summed E-state index contributed by atoms with van der Waals surface area (Å²) in [5.41, 5.74) is 2.89. The Morgan fingerprint density at radius 2 is 2.03 bits per heavy atom. The molecule has 2 aromatic carbocycles. The summed E-state index contributed by atoms with van der Waals surface area (Å²) in [5, 5.41) is 24.3. The van der Waals surface area contributed by atoms with Gasteiger partial charge in [-0.2, -0.15) is 20.0 Å². The molecular weight excluding hydrogens is 420 g/mol. The molecule has 0 aliphatic carbocycles. The second-order valence-electron chi connectivity index (χ2n) is 7.05. The molecule has 10 heteroatoms. The lowest BCUT2D eigenvalue weighted by atomic mass is 10.1. The number of nitrogens with one attached hydrogen (secondary N) is 2. The van der Waals surface area contributed by atoms with Crippen molar-refractivity contribution in [1.82, 2.24) is 25.3 Å². The van der Waals surface area contributed by atoms with Crippen LogP contribution in [0.1, 0.15) is 29.3 Å². The fourth-order valence-electron chi connectivity index (χ4n) is 3.12. The fraction of sp³-hybridized carbons (Fsp3) is 0.238. The number of aliphatic hydroxyl groups excluding tert-OH is 1. The highest BCUT2D eigenvalue weighted by atomic mass is 35.5. The van der Waals surface area contributed by atoms with Gasteiger partial charge >= 0.3 is 0 Å². The summed E-state index contributed by atoms with van der Waals surface area (Å²) in [5.74, 6) is -0.272. The van der Waals surface area contributed by atoms with E-state index in [1.807, 2.05) is 6.92 Å². The molecule has 0 bridgehead atoms. The predicted octanol–water partition coefficient (Wildman–Crippen LogP) is 3.17. The van der Waals surface area contributed by atoms with Crippen molar-refractivity contribution in [2.24, 2.45) is 0 Å². The van der Waals surface area contributed by atoms with Gasteiger partial charge in [0.15, 0.2) is 5.58 Å². The van der Waals surface area contributed by atoms with Crippen LogP contribution in [0.15, 0.2) is 53.2 Å². The Labute approximate surface area is 183 Å². The molecule has 1 atom stereocenters. The Bertz CT molecular complexity index is 1190. The number of nitrogens with zero attached hydrogens (tertiary/aromatic N) is 4. The van der Waals surface area contributed by atoms with Crippen molar-refractivity contribution in [2.75, 3.05) is 11.9 Å². The quantitative estimate of drug-likeness (QED) is 0.385. The fourth-order valence-corrected chi connectivity index (χ4v) is 3.29. The SMILES string of the molecule is C[C@H](CCNc1nc2cc(Cl)ccc2o1)NC(=O)c1cc(CO)ccc1-n1nccn1. The van der Waals surface area contributed by atoms with E-state index in [4.69, 9.17) is 16.0 Å². The molecule has 31 heavy (non-hydrogen) atoms. The maximum Gasteiger partial charge on any atom is 0.295 e. The van der Waals surface area contributed by atoms with Crippen LogP contribution < -0.4 is 10.6 Å². The Hall–Kier alpha value is -3.43. The van der Waals surface area contributed by atoms with Gasteiger partial charge in [-0.3, -0.25) is 4.79 Å². The van der Waals surface area contributed by atoms with E-state index >= 15 is 0 Å². The van der Waals surface area contributed by atoms with Gasteiger partial charge in [0.25, 0.3) is 11.9 Å². The Kier molecular flexibility index (Phi) is 6.15. The standard InChI is InChI=1S/C21H21ClN6O3/c1-13(6-7-23-21-27-17-11-15(22)3-5-19(17)31-21)26-20(30)16-10-14(12-29)2-4-18(16)28-24-8-9-25-28/h2-5,8-11,13,29H,6-7,12H2,1H3,(H,23,27)(H,26,30)/t13-/m1/s1. The first-order valence-electron chi connectivity index (χ1n) is 9.75. The van der Waals surface area contributed by atoms with Crippen molar-refractivity contribution in [3.8, 4) is 5.69 Å². The lowest BCUT2D eigenvalue weighted by Crippen LogP contribution is -2.34. The van der Waals surface area contributed by atoms with E-state index in [1.54, 1.807) is 36.4 Å². The van der Waals surface area contributed by atoms with E-state index < -0.39 is 0 Å². The van der Waals surface area contributed by atoms with E-state index in [0.717, 1.165) is 0 Å². The van der Waals surface area contributed by atoms with Gasteiger partial charge in [0, 0.05) is 17.6 Å². The third kappa shape index (κ3) is 4.84. The highest BCUT2D eigenvalue weighted by Gasteiger charge is 2.17. The van der Waals surface area contributed by atoms with Crippen LogP contribution in [-0.4, -0.2) is 43.6 Å². The average molecular weight is 441 g/mol. The van der Waals surface area contributed by atoms with Crippen molar-refractivity contribution in [3.63, 3.8) is 0 Å². The number of hydrogen-bond acceptors (Lipinski definition) is 7. The Balaban J connectivity index is 1.38. The predicted molar refractivity (Wildman–Crippen MR) is 116 cm³/mol. The molecule has 0 radical (unpaired) electrons. The monoisotopic (exact) mass is 440 g/mol. The summed E-state index contributed by atoms with van der Waals surface area (Å²) in [4.78, 5) is 18.6. The first kappa shape index (κ1) is 20.8. The van der Waals surface area contributed by atoms with Crippen LogP contribution in [0.25, 0.3) is 16.8 Å². The van der Waals surface area contributed by atoms with E-state index in [-0.39, 0.29) is 18.6 Å². The van der Waals surface area contributed by atoms with Crippen LogP contribution in [0.4, 0.5) is 6.01 Å². The van der Waals surface area contributed by atoms with Gasteiger partial charge in [0.05, 0.1) is 30.3 Å². The average Bonchev–Trinajstić information content (AvgIpc) is 3.42. The summed E-state index contributed by atoms with van der Waals surface area (Å²) < 4.78 is 5.63. The number of amides is 1. The third-order valence-corrected chi connectivity index (χ3v) is 4.94. The smallest absolute Gasteiger partial charge is 0.295 e. The lowest BCUT2D eigenvalue weighted by molar-refractivity contribution is 0.0938. The maximum atomic E-state index is 12.9. The number of fused-ring (bicyclic) bond motifs is 1. The van der Waals surface area contributed by atoms with E-state index in [2.05, 4.69) is 25.8 Å². The third-order valence-electron chi connectivity index (χ3n) is 4.70. The molecule has 2 heterocycles. The molecule has 160 valence electrons. The zero-order valence-electron chi connectivity index (χ0n) is 16.7. The van der Waals surface area contributed by atoms with Gasteiger partial charge in [-0.1, -0.05) is 17.7 Å². The molecule has 0 unspecified atom stereocenters. The molecule has 2 aromatic heterocycles. The summed E-state index contributed by atoms with van der Waals surface area (Å²) in [6.45, 7) is 2.29. The van der Waals surface area contributed by atoms with Crippen LogP contribution in [0, 0.1) is 0 Å². The first-order valence-corrected chi connectivity index (χ1v) is 10.1. The van der Waals surface area contributed by atoms with Gasteiger partial charge in [0.1, 0.15) is 5.52 Å². The van der Waals surface area contributed by atoms with Crippen molar-refractivity contribution in [3.05, 3.63) is 64.9 Å². The summed E-state index contributed by atoms with van der Waals surface area (Å²) in [6, 6.07) is 10.6. The molecule has 0 saturated carbocycles. The second kappa shape index (κ2) is 9.15. The first-order chi connectivity index (χ1) is 15.0. The van der Waals surface area contributed by atoms with E-state index in [0.29, 0.717) is 51.9 Å². The number of carbonyl (C=O) groups is 1. The highest BCUT2D eigenvalue weighted by molar-refractivity contribution is 6.31. The van der Waals surface area contributed by atoms with Gasteiger partial charge in [0.2, 0.25) is 0 Å². The molecule has 9 nitrogen and oxygen atoms in total. The number of aromatic nitrogens is 4. The molecule has 0 spiro atoms. The zero-order chi connectivity index (χ0) is 21.8. The molecule has 4 aromatic rings. The molecule has 1 amide bonds. The summed E-state index contributed by atoms with van der Waals surface area (Å²) in [6.07, 6.45) is 3.71. The number of rotatable bonds is 8.